The van der Waals surface area contributed by atoms with E-state index in [1.165, 1.54) is 18.4 Å². The van der Waals surface area contributed by atoms with Crippen LogP contribution in [0.1, 0.15) is 31.2 Å². The number of fused-ring (bicyclic) bond motifs is 2. The lowest BCUT2D eigenvalue weighted by Crippen LogP contribution is -2.47. The van der Waals surface area contributed by atoms with Crippen molar-refractivity contribution in [3.05, 3.63) is 18.0 Å². The van der Waals surface area contributed by atoms with E-state index in [4.69, 9.17) is 4.74 Å². The highest BCUT2D eigenvalue weighted by atomic mass is 16.5. The number of guanidine groups is 1. The lowest BCUT2D eigenvalue weighted by molar-refractivity contribution is 0.0992. The van der Waals surface area contributed by atoms with Crippen molar-refractivity contribution < 1.29 is 4.74 Å². The molecule has 0 radical (unpaired) electrons. The predicted molar refractivity (Wildman–Crippen MR) is 82.3 cm³/mol. The number of nitrogens with one attached hydrogen (secondary N) is 2. The fourth-order valence-electron chi connectivity index (χ4n) is 3.26. The van der Waals surface area contributed by atoms with Crippen molar-refractivity contribution in [2.45, 2.75) is 50.4 Å². The van der Waals surface area contributed by atoms with Crippen molar-refractivity contribution in [3.63, 3.8) is 0 Å². The number of hydrogen-bond acceptors (Lipinski definition) is 3. The summed E-state index contributed by atoms with van der Waals surface area (Å²) in [5, 5.41) is 11.1. The maximum absolute atomic E-state index is 5.86. The highest BCUT2D eigenvalue weighted by molar-refractivity contribution is 5.80. The smallest absolute Gasteiger partial charge is 0.191 e. The van der Waals surface area contributed by atoms with E-state index in [1.54, 1.807) is 0 Å². The van der Waals surface area contributed by atoms with Crippen LogP contribution < -0.4 is 10.6 Å². The number of nitrogens with zero attached hydrogens (tertiary/aromatic N) is 3. The van der Waals surface area contributed by atoms with E-state index < -0.39 is 0 Å². The van der Waals surface area contributed by atoms with Crippen LogP contribution in [0.25, 0.3) is 0 Å². The number of aliphatic imine (C=N–C) groups is 1. The Kier molecular flexibility index (Phi) is 4.43. The first-order chi connectivity index (χ1) is 10.2. The molecule has 1 aromatic rings. The summed E-state index contributed by atoms with van der Waals surface area (Å²) in [5.74, 6) is 0.891. The number of ether oxygens (including phenoxy) is 1. The molecule has 2 saturated heterocycles. The SMILES string of the molecule is CN=C(NCCCc1cnn(C)c1)NC1CC2CCC1O2. The first kappa shape index (κ1) is 14.4. The molecule has 2 aliphatic heterocycles. The third kappa shape index (κ3) is 3.56. The Morgan fingerprint density at radius 3 is 3.05 bits per heavy atom. The van der Waals surface area contributed by atoms with Crippen LogP contribution in [0.4, 0.5) is 0 Å². The van der Waals surface area contributed by atoms with Gasteiger partial charge in [-0.15, -0.1) is 0 Å². The minimum absolute atomic E-state index is 0.379. The van der Waals surface area contributed by atoms with Crippen LogP contribution in [-0.2, 0) is 18.2 Å². The van der Waals surface area contributed by atoms with Crippen molar-refractivity contribution in [1.82, 2.24) is 20.4 Å². The molecule has 3 rings (SSSR count). The van der Waals surface area contributed by atoms with Crippen LogP contribution in [0.15, 0.2) is 17.4 Å². The van der Waals surface area contributed by atoms with Crippen LogP contribution in [0.5, 0.6) is 0 Å². The molecule has 0 spiro atoms. The molecule has 2 aliphatic rings. The Morgan fingerprint density at radius 1 is 1.52 bits per heavy atom. The van der Waals surface area contributed by atoms with Gasteiger partial charge >= 0.3 is 0 Å². The summed E-state index contributed by atoms with van der Waals surface area (Å²) >= 11 is 0. The van der Waals surface area contributed by atoms with Gasteiger partial charge in [-0.1, -0.05) is 0 Å². The molecule has 3 heterocycles. The first-order valence-corrected chi connectivity index (χ1v) is 7.85. The van der Waals surface area contributed by atoms with Gasteiger partial charge in [0, 0.05) is 26.8 Å². The largest absolute Gasteiger partial charge is 0.373 e. The normalized spacial score (nSPS) is 28.1. The molecule has 1 aromatic heterocycles. The molecule has 2 fully saturated rings. The van der Waals surface area contributed by atoms with Gasteiger partial charge in [-0.05, 0) is 37.7 Å². The van der Waals surface area contributed by atoms with Crippen molar-refractivity contribution in [2.75, 3.05) is 13.6 Å². The molecule has 0 aromatic carbocycles. The summed E-state index contributed by atoms with van der Waals surface area (Å²) in [6.45, 7) is 0.913. The zero-order valence-corrected chi connectivity index (χ0v) is 12.9. The zero-order valence-electron chi connectivity index (χ0n) is 12.9. The lowest BCUT2D eigenvalue weighted by atomic mass is 9.96. The van der Waals surface area contributed by atoms with E-state index >= 15 is 0 Å². The molecule has 6 nitrogen and oxygen atoms in total. The van der Waals surface area contributed by atoms with Gasteiger partial charge in [-0.2, -0.15) is 5.10 Å². The maximum Gasteiger partial charge on any atom is 0.191 e. The van der Waals surface area contributed by atoms with Gasteiger partial charge in [0.15, 0.2) is 5.96 Å². The minimum atomic E-state index is 0.379. The van der Waals surface area contributed by atoms with E-state index in [0.29, 0.717) is 18.2 Å². The minimum Gasteiger partial charge on any atom is -0.373 e. The second kappa shape index (κ2) is 6.47. The van der Waals surface area contributed by atoms with Gasteiger partial charge in [0.05, 0.1) is 24.4 Å². The second-order valence-corrected chi connectivity index (χ2v) is 5.99. The van der Waals surface area contributed by atoms with E-state index in [1.807, 2.05) is 25.0 Å². The quantitative estimate of drug-likeness (QED) is 0.479. The van der Waals surface area contributed by atoms with Crippen LogP contribution in [-0.4, -0.2) is 47.6 Å². The molecule has 0 amide bonds. The molecule has 3 atom stereocenters. The summed E-state index contributed by atoms with van der Waals surface area (Å²) < 4.78 is 7.71. The predicted octanol–water partition coefficient (Wildman–Crippen LogP) is 0.838. The number of hydrogen-bond donors (Lipinski definition) is 2. The highest BCUT2D eigenvalue weighted by Gasteiger charge is 2.40. The number of aromatic nitrogens is 2. The molecule has 3 unspecified atom stereocenters. The average Bonchev–Trinajstić information content (AvgIpc) is 3.19. The fourth-order valence-corrected chi connectivity index (χ4v) is 3.26. The van der Waals surface area contributed by atoms with Gasteiger partial charge in [0.25, 0.3) is 0 Å². The highest BCUT2D eigenvalue weighted by Crippen LogP contribution is 2.34. The standard InChI is InChI=1S/C15H25N5O/c1-16-15(19-13-8-12-5-6-14(13)21-12)17-7-3-4-11-9-18-20(2)10-11/h9-10,12-14H,3-8H2,1-2H3,(H2,16,17,19). The summed E-state index contributed by atoms with van der Waals surface area (Å²) in [4.78, 5) is 4.31. The fraction of sp³-hybridized carbons (Fsp3) is 0.733. The van der Waals surface area contributed by atoms with Gasteiger partial charge < -0.3 is 15.4 Å². The zero-order chi connectivity index (χ0) is 14.7. The topological polar surface area (TPSA) is 63.5 Å². The molecule has 116 valence electrons. The monoisotopic (exact) mass is 291 g/mol. The molecular formula is C15H25N5O. The third-order valence-electron chi connectivity index (χ3n) is 4.34. The van der Waals surface area contributed by atoms with Crippen LogP contribution >= 0.6 is 0 Å². The maximum atomic E-state index is 5.86. The van der Waals surface area contributed by atoms with Crippen LogP contribution in [0, 0.1) is 0 Å². The first-order valence-electron chi connectivity index (χ1n) is 7.85. The van der Waals surface area contributed by atoms with Crippen molar-refractivity contribution in [3.8, 4) is 0 Å². The van der Waals surface area contributed by atoms with Gasteiger partial charge in [-0.3, -0.25) is 9.67 Å². The molecule has 0 aliphatic carbocycles. The van der Waals surface area contributed by atoms with Crippen molar-refractivity contribution in [1.29, 1.82) is 0 Å². The Labute approximate surface area is 126 Å². The van der Waals surface area contributed by atoms with E-state index in [9.17, 15) is 0 Å². The summed E-state index contributed by atoms with van der Waals surface area (Å²) in [6.07, 6.45) is 10.5. The molecular weight excluding hydrogens is 266 g/mol. The Balaban J connectivity index is 1.37. The van der Waals surface area contributed by atoms with E-state index in [0.717, 1.165) is 31.8 Å². The van der Waals surface area contributed by atoms with E-state index in [-0.39, 0.29) is 0 Å². The average molecular weight is 291 g/mol. The molecule has 21 heavy (non-hydrogen) atoms. The Hall–Kier alpha value is -1.56. The number of rotatable bonds is 5. The molecule has 2 bridgehead atoms. The Morgan fingerprint density at radius 2 is 2.43 bits per heavy atom. The molecule has 6 heteroatoms. The lowest BCUT2D eigenvalue weighted by Gasteiger charge is -2.22. The third-order valence-corrected chi connectivity index (χ3v) is 4.34. The van der Waals surface area contributed by atoms with Crippen LogP contribution in [0.2, 0.25) is 0 Å². The van der Waals surface area contributed by atoms with E-state index in [2.05, 4.69) is 26.9 Å². The van der Waals surface area contributed by atoms with Gasteiger partial charge in [0.1, 0.15) is 0 Å². The van der Waals surface area contributed by atoms with Gasteiger partial charge in [-0.25, -0.2) is 0 Å². The van der Waals surface area contributed by atoms with Crippen molar-refractivity contribution in [2.24, 2.45) is 12.0 Å². The second-order valence-electron chi connectivity index (χ2n) is 5.99. The summed E-state index contributed by atoms with van der Waals surface area (Å²) in [5.41, 5.74) is 1.28. The molecule has 0 saturated carbocycles. The number of aryl methyl sites for hydroxylation is 2. The molecule has 2 N–H and O–H groups in total. The van der Waals surface area contributed by atoms with Crippen molar-refractivity contribution >= 4 is 5.96 Å². The summed E-state index contributed by atoms with van der Waals surface area (Å²) in [6, 6.07) is 0.424. The summed E-state index contributed by atoms with van der Waals surface area (Å²) in [7, 11) is 3.77. The Bertz CT molecular complexity index is 498. The van der Waals surface area contributed by atoms with Crippen LogP contribution in [0.3, 0.4) is 0 Å². The van der Waals surface area contributed by atoms with Gasteiger partial charge in [0.2, 0.25) is 0 Å².